The molecule has 0 radical (unpaired) electrons. The first-order chi connectivity index (χ1) is 11.1. The summed E-state index contributed by atoms with van der Waals surface area (Å²) in [7, 11) is 0. The molecule has 4 nitrogen and oxygen atoms in total. The lowest BCUT2D eigenvalue weighted by Crippen LogP contribution is -2.46. The van der Waals surface area contributed by atoms with Crippen LogP contribution in [-0.2, 0) is 11.3 Å². The second-order valence-electron chi connectivity index (χ2n) is 6.92. The van der Waals surface area contributed by atoms with E-state index in [1.54, 1.807) is 17.0 Å². The first-order valence-corrected chi connectivity index (χ1v) is 8.75. The van der Waals surface area contributed by atoms with Gasteiger partial charge in [-0.25, -0.2) is 9.82 Å². The van der Waals surface area contributed by atoms with Crippen molar-refractivity contribution in [2.75, 3.05) is 0 Å². The maximum absolute atomic E-state index is 14.1. The molecule has 23 heavy (non-hydrogen) atoms. The molecule has 1 aliphatic heterocycles. The molecule has 0 bridgehead atoms. The number of halogens is 2. The number of rotatable bonds is 5. The first-order valence-electron chi connectivity index (χ1n) is 8.38. The van der Waals surface area contributed by atoms with E-state index in [1.807, 2.05) is 0 Å². The molecule has 0 aromatic heterocycles. The molecule has 2 N–H and O–H groups in total. The Kier molecular flexibility index (Phi) is 4.03. The molecule has 2 atom stereocenters. The molecule has 1 heterocycles. The third kappa shape index (κ3) is 3.23. The van der Waals surface area contributed by atoms with E-state index in [0.717, 1.165) is 19.3 Å². The van der Waals surface area contributed by atoms with Gasteiger partial charge < -0.3 is 4.90 Å². The third-order valence-corrected chi connectivity index (χ3v) is 5.44. The molecule has 6 heteroatoms. The Morgan fingerprint density at radius 2 is 2.04 bits per heavy atom. The molecular weight excluding hydrogens is 317 g/mol. The molecule has 1 aromatic carbocycles. The molecule has 124 valence electrons. The van der Waals surface area contributed by atoms with E-state index in [4.69, 9.17) is 11.6 Å². The molecule has 0 spiro atoms. The molecule has 2 unspecified atom stereocenters. The van der Waals surface area contributed by atoms with Crippen LogP contribution in [0.15, 0.2) is 18.2 Å². The summed E-state index contributed by atoms with van der Waals surface area (Å²) in [6.45, 7) is 0.251. The van der Waals surface area contributed by atoms with E-state index in [2.05, 4.69) is 10.9 Å². The van der Waals surface area contributed by atoms with Gasteiger partial charge in [0.2, 0.25) is 5.91 Å². The fourth-order valence-electron chi connectivity index (χ4n) is 3.38. The quantitative estimate of drug-likeness (QED) is 0.868. The van der Waals surface area contributed by atoms with Gasteiger partial charge in [0.25, 0.3) is 0 Å². The predicted octanol–water partition coefficient (Wildman–Crippen LogP) is 2.62. The molecular formula is C17H21ClFN3O. The van der Waals surface area contributed by atoms with Crippen LogP contribution in [0.5, 0.6) is 0 Å². The summed E-state index contributed by atoms with van der Waals surface area (Å²) in [6, 6.07) is 5.06. The second-order valence-corrected chi connectivity index (χ2v) is 7.33. The second kappa shape index (κ2) is 6.04. The number of carbonyl (C=O) groups excluding carboxylic acids is 1. The smallest absolute Gasteiger partial charge is 0.241 e. The van der Waals surface area contributed by atoms with Crippen LogP contribution in [-0.4, -0.2) is 28.9 Å². The van der Waals surface area contributed by atoms with E-state index in [1.165, 1.54) is 18.9 Å². The van der Waals surface area contributed by atoms with E-state index in [9.17, 15) is 9.18 Å². The van der Waals surface area contributed by atoms with Crippen LogP contribution in [0.3, 0.4) is 0 Å². The minimum atomic E-state index is -0.343. The summed E-state index contributed by atoms with van der Waals surface area (Å²) in [6.07, 6.45) is 5.29. The van der Waals surface area contributed by atoms with E-state index in [0.29, 0.717) is 22.5 Å². The number of hydrazine groups is 1. The SMILES string of the molecule is O=C(C1CC(C2CC2)NN1)N(Cc1c(F)cccc1Cl)C1CC1. The molecule has 3 aliphatic rings. The number of hydrogen-bond donors (Lipinski definition) is 2. The molecule has 2 saturated carbocycles. The molecule has 4 rings (SSSR count). The van der Waals surface area contributed by atoms with Gasteiger partial charge in [-0.15, -0.1) is 0 Å². The molecule has 3 fully saturated rings. The first kappa shape index (κ1) is 15.4. The van der Waals surface area contributed by atoms with Gasteiger partial charge in [0.05, 0.1) is 6.54 Å². The highest BCUT2D eigenvalue weighted by Gasteiger charge is 2.42. The monoisotopic (exact) mass is 337 g/mol. The lowest BCUT2D eigenvalue weighted by atomic mass is 10.0. The average molecular weight is 338 g/mol. The number of nitrogens with one attached hydrogen (secondary N) is 2. The Morgan fingerprint density at radius 1 is 1.26 bits per heavy atom. The van der Waals surface area contributed by atoms with Crippen LogP contribution in [0.25, 0.3) is 0 Å². The number of nitrogens with zero attached hydrogens (tertiary/aromatic N) is 1. The van der Waals surface area contributed by atoms with Crippen LogP contribution in [0.4, 0.5) is 4.39 Å². The van der Waals surface area contributed by atoms with Crippen molar-refractivity contribution in [1.82, 2.24) is 15.8 Å². The van der Waals surface area contributed by atoms with Crippen LogP contribution in [0.2, 0.25) is 5.02 Å². The summed E-state index contributed by atoms with van der Waals surface area (Å²) in [5, 5.41) is 0.386. The summed E-state index contributed by atoms with van der Waals surface area (Å²) < 4.78 is 14.1. The standard InChI is InChI=1S/C17H21ClFN3O/c18-13-2-1-3-14(19)12(13)9-22(11-6-7-11)17(23)16-8-15(20-21-16)10-4-5-10/h1-3,10-11,15-16,20-21H,4-9H2. The van der Waals surface area contributed by atoms with Gasteiger partial charge in [-0.2, -0.15) is 0 Å². The van der Waals surface area contributed by atoms with Crippen molar-refractivity contribution in [3.05, 3.63) is 34.6 Å². The number of amides is 1. The predicted molar refractivity (Wildman–Crippen MR) is 86.2 cm³/mol. The van der Waals surface area contributed by atoms with Crippen LogP contribution in [0, 0.1) is 11.7 Å². The molecule has 1 aromatic rings. The highest BCUT2D eigenvalue weighted by Crippen LogP contribution is 2.37. The largest absolute Gasteiger partial charge is 0.334 e. The van der Waals surface area contributed by atoms with E-state index >= 15 is 0 Å². The highest BCUT2D eigenvalue weighted by atomic mass is 35.5. The number of hydrogen-bond acceptors (Lipinski definition) is 3. The summed E-state index contributed by atoms with van der Waals surface area (Å²) >= 11 is 6.13. The minimum absolute atomic E-state index is 0.0578. The van der Waals surface area contributed by atoms with Crippen molar-refractivity contribution in [2.45, 2.75) is 56.8 Å². The number of carbonyl (C=O) groups is 1. The van der Waals surface area contributed by atoms with Gasteiger partial charge in [0.15, 0.2) is 0 Å². The van der Waals surface area contributed by atoms with Crippen LogP contribution >= 0.6 is 11.6 Å². The normalized spacial score (nSPS) is 27.2. The molecule has 1 amide bonds. The molecule has 2 aliphatic carbocycles. The Bertz CT molecular complexity index is 598. The van der Waals surface area contributed by atoms with Crippen molar-refractivity contribution in [2.24, 2.45) is 5.92 Å². The Morgan fingerprint density at radius 3 is 2.70 bits per heavy atom. The van der Waals surface area contributed by atoms with E-state index < -0.39 is 0 Å². The maximum Gasteiger partial charge on any atom is 0.241 e. The fraction of sp³-hybridized carbons (Fsp3) is 0.588. The Labute approximate surface area is 140 Å². The lowest BCUT2D eigenvalue weighted by Gasteiger charge is -2.26. The van der Waals surface area contributed by atoms with Crippen molar-refractivity contribution in [3.8, 4) is 0 Å². The highest BCUT2D eigenvalue weighted by molar-refractivity contribution is 6.31. The van der Waals surface area contributed by atoms with Crippen LogP contribution in [0.1, 0.15) is 37.7 Å². The van der Waals surface area contributed by atoms with Gasteiger partial charge in [-0.05, 0) is 50.2 Å². The average Bonchev–Trinajstić information content (AvgIpc) is 3.46. The maximum atomic E-state index is 14.1. The zero-order chi connectivity index (χ0) is 16.0. The fourth-order valence-corrected chi connectivity index (χ4v) is 3.60. The van der Waals surface area contributed by atoms with Crippen molar-refractivity contribution < 1.29 is 9.18 Å². The number of benzene rings is 1. The van der Waals surface area contributed by atoms with Gasteiger partial charge in [-0.1, -0.05) is 17.7 Å². The molecule has 1 saturated heterocycles. The summed E-state index contributed by atoms with van der Waals surface area (Å²) in [4.78, 5) is 14.7. The van der Waals surface area contributed by atoms with Gasteiger partial charge in [0.1, 0.15) is 11.9 Å². The topological polar surface area (TPSA) is 44.4 Å². The Hall–Kier alpha value is -1.17. The third-order valence-electron chi connectivity index (χ3n) is 5.08. The van der Waals surface area contributed by atoms with Crippen molar-refractivity contribution in [1.29, 1.82) is 0 Å². The zero-order valence-corrected chi connectivity index (χ0v) is 13.7. The van der Waals surface area contributed by atoms with Crippen LogP contribution < -0.4 is 10.9 Å². The van der Waals surface area contributed by atoms with Crippen molar-refractivity contribution >= 4 is 17.5 Å². The summed E-state index contributed by atoms with van der Waals surface area (Å²) in [5.41, 5.74) is 6.81. The van der Waals surface area contributed by atoms with Crippen molar-refractivity contribution in [3.63, 3.8) is 0 Å². The summed E-state index contributed by atoms with van der Waals surface area (Å²) in [5.74, 6) is 0.419. The zero-order valence-electron chi connectivity index (χ0n) is 12.9. The Balaban J connectivity index is 1.48. The lowest BCUT2D eigenvalue weighted by molar-refractivity contribution is -0.134. The van der Waals surface area contributed by atoms with Gasteiger partial charge in [0, 0.05) is 22.7 Å². The van der Waals surface area contributed by atoms with Gasteiger partial charge >= 0.3 is 0 Å². The minimum Gasteiger partial charge on any atom is -0.334 e. The van der Waals surface area contributed by atoms with Gasteiger partial charge in [-0.3, -0.25) is 10.2 Å². The van der Waals surface area contributed by atoms with E-state index in [-0.39, 0.29) is 30.4 Å².